The van der Waals surface area contributed by atoms with Gasteiger partial charge in [0, 0.05) is 23.7 Å². The number of amides is 2. The smallest absolute Gasteiger partial charge is 0.243 e. The fourth-order valence-electron chi connectivity index (χ4n) is 2.91. The van der Waals surface area contributed by atoms with Gasteiger partial charge >= 0.3 is 0 Å². The minimum Gasteiger partial charge on any atom is -0.497 e. The average Bonchev–Trinajstić information content (AvgIpc) is 3.19. The maximum atomic E-state index is 12.5. The van der Waals surface area contributed by atoms with Crippen molar-refractivity contribution in [1.29, 1.82) is 0 Å². The van der Waals surface area contributed by atoms with Crippen molar-refractivity contribution >= 4 is 28.8 Å². The summed E-state index contributed by atoms with van der Waals surface area (Å²) < 4.78 is 5.17. The first-order valence-corrected chi connectivity index (χ1v) is 10.4. The Hall–Kier alpha value is -3.19. The number of methoxy groups -OCH3 is 1. The first kappa shape index (κ1) is 21.5. The normalized spacial score (nSPS) is 10.5. The quantitative estimate of drug-likeness (QED) is 0.622. The molecule has 30 heavy (non-hydrogen) atoms. The Morgan fingerprint density at radius 3 is 2.57 bits per heavy atom. The topological polar surface area (TPSA) is 71.5 Å². The monoisotopic (exact) mass is 423 g/mol. The van der Waals surface area contributed by atoms with E-state index in [9.17, 15) is 9.59 Å². The summed E-state index contributed by atoms with van der Waals surface area (Å²) in [4.78, 5) is 30.9. The molecule has 0 saturated carbocycles. The molecule has 7 heteroatoms. The number of thiazole rings is 1. The summed E-state index contributed by atoms with van der Waals surface area (Å²) in [5.41, 5.74) is 4.48. The molecule has 0 aliphatic rings. The van der Waals surface area contributed by atoms with Crippen LogP contribution < -0.4 is 10.1 Å². The van der Waals surface area contributed by atoms with Crippen molar-refractivity contribution in [2.24, 2.45) is 0 Å². The largest absolute Gasteiger partial charge is 0.497 e. The fraction of sp³-hybridized carbons (Fsp3) is 0.261. The van der Waals surface area contributed by atoms with E-state index in [2.05, 4.69) is 10.3 Å². The van der Waals surface area contributed by atoms with Gasteiger partial charge in [0.25, 0.3) is 0 Å². The average molecular weight is 424 g/mol. The van der Waals surface area contributed by atoms with Crippen LogP contribution in [0.3, 0.4) is 0 Å². The van der Waals surface area contributed by atoms with Crippen molar-refractivity contribution in [2.45, 2.75) is 20.3 Å². The van der Waals surface area contributed by atoms with Gasteiger partial charge in [-0.3, -0.25) is 9.59 Å². The zero-order valence-electron chi connectivity index (χ0n) is 17.6. The molecule has 0 radical (unpaired) electrons. The maximum Gasteiger partial charge on any atom is 0.243 e. The second-order valence-corrected chi connectivity index (χ2v) is 8.02. The first-order valence-electron chi connectivity index (χ1n) is 9.55. The van der Waals surface area contributed by atoms with E-state index in [0.29, 0.717) is 5.69 Å². The van der Waals surface area contributed by atoms with Crippen LogP contribution >= 0.6 is 11.3 Å². The lowest BCUT2D eigenvalue weighted by atomic mass is 10.1. The summed E-state index contributed by atoms with van der Waals surface area (Å²) in [6.45, 7) is 3.90. The maximum absolute atomic E-state index is 12.5. The van der Waals surface area contributed by atoms with Gasteiger partial charge in [-0.2, -0.15) is 0 Å². The molecule has 0 atom stereocenters. The molecule has 1 N–H and O–H groups in total. The summed E-state index contributed by atoms with van der Waals surface area (Å²) in [6.07, 6.45) is 0.153. The van der Waals surface area contributed by atoms with Gasteiger partial charge in [-0.05, 0) is 55.3 Å². The van der Waals surface area contributed by atoms with Gasteiger partial charge in [0.1, 0.15) is 10.8 Å². The highest BCUT2D eigenvalue weighted by Gasteiger charge is 2.16. The number of ether oxygens (including phenoxy) is 1. The molecule has 0 spiro atoms. The highest BCUT2D eigenvalue weighted by molar-refractivity contribution is 7.13. The van der Waals surface area contributed by atoms with Crippen LogP contribution in [0.2, 0.25) is 0 Å². The highest BCUT2D eigenvalue weighted by atomic mass is 32.1. The van der Waals surface area contributed by atoms with E-state index >= 15 is 0 Å². The molecule has 156 valence electrons. The van der Waals surface area contributed by atoms with Crippen molar-refractivity contribution < 1.29 is 14.3 Å². The Labute approximate surface area is 180 Å². The molecule has 2 amide bonds. The van der Waals surface area contributed by atoms with Crippen LogP contribution in [0.5, 0.6) is 5.75 Å². The van der Waals surface area contributed by atoms with Crippen molar-refractivity contribution in [2.75, 3.05) is 26.0 Å². The number of carbonyl (C=O) groups excluding carboxylic acids is 2. The fourth-order valence-corrected chi connectivity index (χ4v) is 3.73. The summed E-state index contributed by atoms with van der Waals surface area (Å²) in [6, 6.07) is 13.5. The van der Waals surface area contributed by atoms with E-state index in [1.54, 1.807) is 14.2 Å². The number of nitrogens with zero attached hydrogens (tertiary/aromatic N) is 2. The third-order valence-electron chi connectivity index (χ3n) is 4.69. The second kappa shape index (κ2) is 9.54. The molecule has 0 bridgehead atoms. The molecule has 0 saturated heterocycles. The van der Waals surface area contributed by atoms with Crippen molar-refractivity contribution in [3.8, 4) is 16.3 Å². The zero-order valence-corrected chi connectivity index (χ0v) is 18.4. The molecule has 3 rings (SSSR count). The molecule has 0 aliphatic heterocycles. The van der Waals surface area contributed by atoms with Gasteiger partial charge in [-0.1, -0.05) is 12.1 Å². The van der Waals surface area contributed by atoms with Gasteiger partial charge < -0.3 is 15.0 Å². The third kappa shape index (κ3) is 5.45. The van der Waals surface area contributed by atoms with E-state index in [1.807, 2.05) is 61.7 Å². The Balaban J connectivity index is 1.57. The van der Waals surface area contributed by atoms with E-state index in [-0.39, 0.29) is 24.8 Å². The number of benzene rings is 2. The van der Waals surface area contributed by atoms with Crippen LogP contribution in [-0.2, 0) is 16.0 Å². The van der Waals surface area contributed by atoms with Crippen LogP contribution in [-0.4, -0.2) is 42.4 Å². The molecule has 6 nitrogen and oxygen atoms in total. The lowest BCUT2D eigenvalue weighted by molar-refractivity contribution is -0.132. The molecule has 1 aromatic heterocycles. The second-order valence-electron chi connectivity index (χ2n) is 7.17. The molecule has 0 aliphatic carbocycles. The van der Waals surface area contributed by atoms with E-state index < -0.39 is 0 Å². The molecule has 0 unspecified atom stereocenters. The standard InChI is InChI=1S/C23H25N3O3S/c1-15-5-6-16(2)20(11-15)25-21(27)13-26(3)22(28)12-18-14-30-23(24-18)17-7-9-19(29-4)10-8-17/h5-11,14H,12-13H2,1-4H3,(H,25,27). The molecule has 3 aromatic rings. The minimum absolute atomic E-state index is 0.0122. The minimum atomic E-state index is -0.225. The Bertz CT molecular complexity index is 1040. The number of nitrogens with one attached hydrogen (secondary N) is 1. The molecule has 0 fully saturated rings. The predicted molar refractivity (Wildman–Crippen MR) is 120 cm³/mol. The van der Waals surface area contributed by atoms with Crippen LogP contribution in [0.25, 0.3) is 10.6 Å². The van der Waals surface area contributed by atoms with Gasteiger partial charge in [0.05, 0.1) is 25.8 Å². The number of hydrogen-bond donors (Lipinski definition) is 1. The van der Waals surface area contributed by atoms with Crippen molar-refractivity contribution in [1.82, 2.24) is 9.88 Å². The summed E-state index contributed by atoms with van der Waals surface area (Å²) in [5.74, 6) is 0.404. The van der Waals surface area contributed by atoms with E-state index in [0.717, 1.165) is 33.1 Å². The number of anilines is 1. The number of rotatable bonds is 7. The number of hydrogen-bond acceptors (Lipinski definition) is 5. The lowest BCUT2D eigenvalue weighted by Crippen LogP contribution is -2.36. The summed E-state index contributed by atoms with van der Waals surface area (Å²) in [5, 5.41) is 5.60. The molecular formula is C23H25N3O3S. The van der Waals surface area contributed by atoms with Gasteiger partial charge in [0.2, 0.25) is 11.8 Å². The van der Waals surface area contributed by atoms with Crippen molar-refractivity contribution in [3.05, 3.63) is 64.7 Å². The van der Waals surface area contributed by atoms with Crippen molar-refractivity contribution in [3.63, 3.8) is 0 Å². The van der Waals surface area contributed by atoms with E-state index in [1.165, 1.54) is 16.2 Å². The SMILES string of the molecule is COc1ccc(-c2nc(CC(=O)N(C)CC(=O)Nc3cc(C)ccc3C)cs2)cc1. The van der Waals surface area contributed by atoms with Crippen LogP contribution in [0.1, 0.15) is 16.8 Å². The van der Waals surface area contributed by atoms with Gasteiger partial charge in [0.15, 0.2) is 0 Å². The van der Waals surface area contributed by atoms with Gasteiger partial charge in [-0.25, -0.2) is 4.98 Å². The third-order valence-corrected chi connectivity index (χ3v) is 5.63. The molecular weight excluding hydrogens is 398 g/mol. The number of carbonyl (C=O) groups is 2. The number of aryl methyl sites for hydroxylation is 2. The number of aromatic nitrogens is 1. The first-order chi connectivity index (χ1) is 14.4. The Morgan fingerprint density at radius 1 is 1.13 bits per heavy atom. The Kier molecular flexibility index (Phi) is 6.84. The Morgan fingerprint density at radius 2 is 1.87 bits per heavy atom. The van der Waals surface area contributed by atoms with Crippen LogP contribution in [0.15, 0.2) is 47.8 Å². The molecule has 1 heterocycles. The van der Waals surface area contributed by atoms with Gasteiger partial charge in [-0.15, -0.1) is 11.3 Å². The highest BCUT2D eigenvalue weighted by Crippen LogP contribution is 2.26. The number of likely N-dealkylation sites (N-methyl/N-ethyl adjacent to an activating group) is 1. The molecule has 2 aromatic carbocycles. The van der Waals surface area contributed by atoms with E-state index in [4.69, 9.17) is 4.74 Å². The summed E-state index contributed by atoms with van der Waals surface area (Å²) >= 11 is 1.49. The van der Waals surface area contributed by atoms with Crippen LogP contribution in [0, 0.1) is 13.8 Å². The lowest BCUT2D eigenvalue weighted by Gasteiger charge is -2.17. The summed E-state index contributed by atoms with van der Waals surface area (Å²) in [7, 11) is 3.25. The zero-order chi connectivity index (χ0) is 21.7. The van der Waals surface area contributed by atoms with Crippen LogP contribution in [0.4, 0.5) is 5.69 Å². The predicted octanol–water partition coefficient (Wildman–Crippen LogP) is 4.08.